The molecule has 1 fully saturated rings. The van der Waals surface area contributed by atoms with Crippen molar-refractivity contribution in [3.8, 4) is 0 Å². The minimum absolute atomic E-state index is 0.116. The molecule has 172 valence electrons. The van der Waals surface area contributed by atoms with Gasteiger partial charge in [-0.2, -0.15) is 0 Å². The van der Waals surface area contributed by atoms with Crippen molar-refractivity contribution in [3.05, 3.63) is 77.9 Å². The number of aliphatic hydroxyl groups excluding tert-OH is 1. The number of aliphatic hydroxyl groups is 1. The number of nitrogens with zero attached hydrogens (tertiary/aromatic N) is 1. The Hall–Kier alpha value is -2.85. The highest BCUT2D eigenvalue weighted by Gasteiger charge is 2.37. The summed E-state index contributed by atoms with van der Waals surface area (Å²) in [5.74, 6) is -0.895. The Bertz CT molecular complexity index is 1390. The topological polar surface area (TPSA) is 83.4 Å². The van der Waals surface area contributed by atoms with Crippen molar-refractivity contribution in [2.75, 3.05) is 13.1 Å². The number of halogens is 2. The fourth-order valence-corrected chi connectivity index (χ4v) is 5.84. The predicted molar refractivity (Wildman–Crippen MR) is 123 cm³/mol. The molecule has 0 radical (unpaired) electrons. The van der Waals surface area contributed by atoms with Crippen LogP contribution in [0.2, 0.25) is 0 Å². The van der Waals surface area contributed by atoms with E-state index in [-0.39, 0.29) is 11.4 Å². The summed E-state index contributed by atoms with van der Waals surface area (Å²) in [6, 6.07) is 13.6. The Balaban J connectivity index is 1.54. The summed E-state index contributed by atoms with van der Waals surface area (Å²) < 4.78 is 58.2. The van der Waals surface area contributed by atoms with Crippen molar-refractivity contribution >= 4 is 31.8 Å². The average molecular weight is 472 g/mol. The van der Waals surface area contributed by atoms with Gasteiger partial charge in [0.2, 0.25) is 10.0 Å². The van der Waals surface area contributed by atoms with Crippen LogP contribution in [-0.4, -0.2) is 43.3 Å². The van der Waals surface area contributed by atoms with Gasteiger partial charge in [0.1, 0.15) is 11.6 Å². The van der Waals surface area contributed by atoms with Gasteiger partial charge in [0.25, 0.3) is 0 Å². The van der Waals surface area contributed by atoms with E-state index in [2.05, 4.69) is 10.0 Å². The van der Waals surface area contributed by atoms with Gasteiger partial charge in [-0.3, -0.25) is 0 Å². The molecule has 1 aliphatic heterocycles. The molecule has 0 aliphatic carbocycles. The van der Waals surface area contributed by atoms with E-state index < -0.39 is 39.8 Å². The number of piperidine rings is 1. The highest BCUT2D eigenvalue weighted by Crippen LogP contribution is 2.35. The molecule has 0 unspecified atom stereocenters. The standard InChI is InChI=1S/C24H23F2N3O3S/c1-14-2-6-17(7-3-14)33(31,32)28-20-12-27-13-23(24(20)30)29-21-8-4-15(25)10-18(21)19-11-16(26)5-9-22(19)29/h2-11,20,23-24,27-28,30H,12-13H2,1H3/t20-,23+,24+/m1/s1. The number of fused-ring (bicyclic) bond motifs is 3. The van der Waals surface area contributed by atoms with Crippen LogP contribution in [0.25, 0.3) is 21.8 Å². The maximum atomic E-state index is 14.0. The normalized spacial score (nSPS) is 21.6. The molecular weight excluding hydrogens is 448 g/mol. The van der Waals surface area contributed by atoms with Crippen molar-refractivity contribution in [2.45, 2.75) is 30.0 Å². The Morgan fingerprint density at radius 2 is 1.52 bits per heavy atom. The molecule has 0 spiro atoms. The molecule has 3 N–H and O–H groups in total. The van der Waals surface area contributed by atoms with E-state index in [9.17, 15) is 22.3 Å². The zero-order valence-electron chi connectivity index (χ0n) is 17.8. The fourth-order valence-electron chi connectivity index (χ4n) is 4.59. The zero-order chi connectivity index (χ0) is 23.3. The highest BCUT2D eigenvalue weighted by atomic mass is 32.2. The van der Waals surface area contributed by atoms with Gasteiger partial charge in [-0.1, -0.05) is 17.7 Å². The van der Waals surface area contributed by atoms with Gasteiger partial charge in [0.15, 0.2) is 0 Å². The molecular formula is C24H23F2N3O3S. The molecule has 3 aromatic carbocycles. The largest absolute Gasteiger partial charge is 0.389 e. The SMILES string of the molecule is Cc1ccc(S(=O)(=O)N[C@@H]2CNC[C@H](n3c4ccc(F)cc4c4cc(F)ccc43)[C@H]2O)cc1. The van der Waals surface area contributed by atoms with Gasteiger partial charge >= 0.3 is 0 Å². The molecule has 1 saturated heterocycles. The molecule has 2 heterocycles. The van der Waals surface area contributed by atoms with E-state index in [1.807, 2.05) is 11.5 Å². The molecule has 0 saturated carbocycles. The molecule has 33 heavy (non-hydrogen) atoms. The molecule has 0 amide bonds. The maximum Gasteiger partial charge on any atom is 0.240 e. The third kappa shape index (κ3) is 3.91. The second-order valence-electron chi connectivity index (χ2n) is 8.45. The summed E-state index contributed by atoms with van der Waals surface area (Å²) in [6.45, 7) is 2.47. The summed E-state index contributed by atoms with van der Waals surface area (Å²) in [4.78, 5) is 0.116. The van der Waals surface area contributed by atoms with Crippen LogP contribution < -0.4 is 10.0 Å². The summed E-state index contributed by atoms with van der Waals surface area (Å²) >= 11 is 0. The second kappa shape index (κ2) is 8.18. The van der Waals surface area contributed by atoms with E-state index in [0.29, 0.717) is 28.4 Å². The van der Waals surface area contributed by atoms with E-state index in [1.54, 1.807) is 24.3 Å². The number of hydrogen-bond donors (Lipinski definition) is 3. The quantitative estimate of drug-likeness (QED) is 0.427. The van der Waals surface area contributed by atoms with Crippen LogP contribution in [0.3, 0.4) is 0 Å². The van der Waals surface area contributed by atoms with Crippen molar-refractivity contribution in [2.24, 2.45) is 0 Å². The number of rotatable bonds is 4. The van der Waals surface area contributed by atoms with Gasteiger partial charge < -0.3 is 15.0 Å². The lowest BCUT2D eigenvalue weighted by molar-refractivity contribution is 0.0638. The van der Waals surface area contributed by atoms with Crippen LogP contribution >= 0.6 is 0 Å². The maximum absolute atomic E-state index is 14.0. The number of aryl methyl sites for hydroxylation is 1. The van der Waals surface area contributed by atoms with Gasteiger partial charge in [-0.05, 0) is 55.5 Å². The molecule has 5 rings (SSSR count). The zero-order valence-corrected chi connectivity index (χ0v) is 18.6. The monoisotopic (exact) mass is 471 g/mol. The van der Waals surface area contributed by atoms with Crippen LogP contribution in [-0.2, 0) is 10.0 Å². The van der Waals surface area contributed by atoms with Gasteiger partial charge in [-0.15, -0.1) is 0 Å². The summed E-state index contributed by atoms with van der Waals surface area (Å²) in [5, 5.41) is 15.5. The van der Waals surface area contributed by atoms with E-state index >= 15 is 0 Å². The molecule has 1 aliphatic rings. The van der Waals surface area contributed by atoms with Gasteiger partial charge in [0, 0.05) is 34.9 Å². The summed E-state index contributed by atoms with van der Waals surface area (Å²) in [7, 11) is -3.86. The summed E-state index contributed by atoms with van der Waals surface area (Å²) in [5.41, 5.74) is 2.20. The van der Waals surface area contributed by atoms with Crippen LogP contribution in [0.4, 0.5) is 8.78 Å². The lowest BCUT2D eigenvalue weighted by atomic mass is 9.99. The summed E-state index contributed by atoms with van der Waals surface area (Å²) in [6.07, 6.45) is -1.08. The van der Waals surface area contributed by atoms with Crippen molar-refractivity contribution in [1.29, 1.82) is 0 Å². The Labute approximate surface area is 189 Å². The van der Waals surface area contributed by atoms with Crippen LogP contribution in [0.1, 0.15) is 11.6 Å². The first-order chi connectivity index (χ1) is 15.7. The van der Waals surface area contributed by atoms with Crippen LogP contribution in [0, 0.1) is 18.6 Å². The molecule has 4 aromatic rings. The second-order valence-corrected chi connectivity index (χ2v) is 10.2. The minimum atomic E-state index is -3.86. The third-order valence-electron chi connectivity index (χ3n) is 6.22. The van der Waals surface area contributed by atoms with E-state index in [4.69, 9.17) is 0 Å². The van der Waals surface area contributed by atoms with Crippen molar-refractivity contribution in [1.82, 2.24) is 14.6 Å². The number of nitrogens with one attached hydrogen (secondary N) is 2. The Morgan fingerprint density at radius 3 is 2.09 bits per heavy atom. The van der Waals surface area contributed by atoms with Crippen molar-refractivity contribution < 1.29 is 22.3 Å². The third-order valence-corrected chi connectivity index (χ3v) is 7.73. The molecule has 3 atom stereocenters. The lowest BCUT2D eigenvalue weighted by Gasteiger charge is -2.37. The number of benzene rings is 3. The first-order valence-electron chi connectivity index (χ1n) is 10.6. The van der Waals surface area contributed by atoms with Gasteiger partial charge in [-0.25, -0.2) is 21.9 Å². The van der Waals surface area contributed by atoms with E-state index in [1.165, 1.54) is 36.4 Å². The smallest absolute Gasteiger partial charge is 0.240 e. The molecule has 0 bridgehead atoms. The predicted octanol–water partition coefficient (Wildman–Crippen LogP) is 3.23. The van der Waals surface area contributed by atoms with Gasteiger partial charge in [0.05, 0.1) is 23.1 Å². The van der Waals surface area contributed by atoms with Crippen LogP contribution in [0.15, 0.2) is 65.6 Å². The Morgan fingerprint density at radius 1 is 0.939 bits per heavy atom. The molecule has 1 aromatic heterocycles. The molecule has 6 nitrogen and oxygen atoms in total. The van der Waals surface area contributed by atoms with Crippen molar-refractivity contribution in [3.63, 3.8) is 0 Å². The minimum Gasteiger partial charge on any atom is -0.389 e. The first-order valence-corrected chi connectivity index (χ1v) is 12.1. The lowest BCUT2D eigenvalue weighted by Crippen LogP contribution is -2.58. The van der Waals surface area contributed by atoms with Crippen LogP contribution in [0.5, 0.6) is 0 Å². The Kier molecular flexibility index (Phi) is 5.44. The average Bonchev–Trinajstić information content (AvgIpc) is 3.08. The fraction of sp³-hybridized carbons (Fsp3) is 0.250. The first kappa shape index (κ1) is 22.0. The number of sulfonamides is 1. The highest BCUT2D eigenvalue weighted by molar-refractivity contribution is 7.89. The molecule has 9 heteroatoms. The van der Waals surface area contributed by atoms with E-state index in [0.717, 1.165) is 5.56 Å². The number of hydrogen-bond acceptors (Lipinski definition) is 4. The number of aromatic nitrogens is 1.